The topological polar surface area (TPSA) is 49.4 Å². The van der Waals surface area contributed by atoms with Gasteiger partial charge in [0, 0.05) is 6.54 Å². The Morgan fingerprint density at radius 2 is 2.18 bits per heavy atom. The molecule has 1 heterocycles. The molecule has 4 nitrogen and oxygen atoms in total. The average molecular weight is 178 g/mol. The van der Waals surface area contributed by atoms with Gasteiger partial charge in [0.15, 0.2) is 0 Å². The van der Waals surface area contributed by atoms with Gasteiger partial charge in [0.05, 0.1) is 5.25 Å². The van der Waals surface area contributed by atoms with Gasteiger partial charge in [0.25, 0.3) is 0 Å². The maximum Gasteiger partial charge on any atom is 0.215 e. The summed E-state index contributed by atoms with van der Waals surface area (Å²) in [4.78, 5) is 2.03. The Morgan fingerprint density at radius 1 is 1.55 bits per heavy atom. The summed E-state index contributed by atoms with van der Waals surface area (Å²) < 4.78 is 24.8. The van der Waals surface area contributed by atoms with E-state index in [1.54, 1.807) is 0 Å². The minimum absolute atomic E-state index is 0.211. The van der Waals surface area contributed by atoms with Crippen LogP contribution < -0.4 is 4.72 Å². The van der Waals surface area contributed by atoms with E-state index in [1.807, 2.05) is 11.9 Å². The summed E-state index contributed by atoms with van der Waals surface area (Å²) in [6.45, 7) is 1.54. The Bertz CT molecular complexity index is 225. The second kappa shape index (κ2) is 3.08. The number of rotatable bonds is 2. The molecule has 11 heavy (non-hydrogen) atoms. The van der Waals surface area contributed by atoms with E-state index >= 15 is 0 Å². The van der Waals surface area contributed by atoms with Crippen molar-refractivity contribution in [2.24, 2.45) is 0 Å². The van der Waals surface area contributed by atoms with Crippen molar-refractivity contribution < 1.29 is 8.42 Å². The van der Waals surface area contributed by atoms with E-state index in [-0.39, 0.29) is 5.25 Å². The van der Waals surface area contributed by atoms with Crippen molar-refractivity contribution in [3.05, 3.63) is 0 Å². The summed E-state index contributed by atoms with van der Waals surface area (Å²) in [6.07, 6.45) is 0.750. The third-order valence-corrected chi connectivity index (χ3v) is 3.90. The second-order valence-electron chi connectivity index (χ2n) is 2.92. The minimum atomic E-state index is -3.02. The molecule has 0 radical (unpaired) electrons. The second-order valence-corrected chi connectivity index (χ2v) is 5.09. The van der Waals surface area contributed by atoms with Gasteiger partial charge in [-0.05, 0) is 27.1 Å². The van der Waals surface area contributed by atoms with Gasteiger partial charge in [-0.15, -0.1) is 0 Å². The molecule has 0 amide bonds. The number of nitrogens with zero attached hydrogens (tertiary/aromatic N) is 1. The van der Waals surface area contributed by atoms with E-state index in [0.29, 0.717) is 6.54 Å². The van der Waals surface area contributed by atoms with E-state index < -0.39 is 10.0 Å². The minimum Gasteiger partial charge on any atom is -0.305 e. The van der Waals surface area contributed by atoms with Crippen molar-refractivity contribution in [2.45, 2.75) is 11.7 Å². The first-order valence-corrected chi connectivity index (χ1v) is 5.22. The Labute approximate surface area is 67.6 Å². The third-order valence-electron chi connectivity index (χ3n) is 2.07. The molecule has 66 valence electrons. The molecule has 1 rings (SSSR count). The maximum atomic E-state index is 11.2. The number of likely N-dealkylation sites (tertiary alicyclic amines) is 1. The van der Waals surface area contributed by atoms with Crippen molar-refractivity contribution >= 4 is 10.0 Å². The summed E-state index contributed by atoms with van der Waals surface area (Å²) in [7, 11) is 0.379. The fourth-order valence-electron chi connectivity index (χ4n) is 1.31. The third kappa shape index (κ3) is 1.91. The van der Waals surface area contributed by atoms with E-state index in [9.17, 15) is 8.42 Å². The van der Waals surface area contributed by atoms with Crippen LogP contribution in [0.4, 0.5) is 0 Å². The predicted octanol–water partition coefficient (Wildman–Crippen LogP) is -0.760. The van der Waals surface area contributed by atoms with Crippen LogP contribution in [0.3, 0.4) is 0 Å². The molecule has 0 aliphatic carbocycles. The molecular formula is C6H14N2O2S. The van der Waals surface area contributed by atoms with Gasteiger partial charge in [0.2, 0.25) is 10.0 Å². The monoisotopic (exact) mass is 178 g/mol. The molecule has 1 aliphatic heterocycles. The molecule has 1 fully saturated rings. The Kier molecular flexibility index (Phi) is 2.51. The highest BCUT2D eigenvalue weighted by Crippen LogP contribution is 2.13. The summed E-state index contributed by atoms with van der Waals surface area (Å²) in [5.74, 6) is 0. The van der Waals surface area contributed by atoms with Crippen LogP contribution >= 0.6 is 0 Å². The smallest absolute Gasteiger partial charge is 0.215 e. The van der Waals surface area contributed by atoms with Gasteiger partial charge in [-0.3, -0.25) is 0 Å². The van der Waals surface area contributed by atoms with Crippen LogP contribution in [0.1, 0.15) is 6.42 Å². The SMILES string of the molecule is CNS(=O)(=O)C1CCN(C)C1. The fourth-order valence-corrected chi connectivity index (χ4v) is 2.51. The fraction of sp³-hybridized carbons (Fsp3) is 1.00. The van der Waals surface area contributed by atoms with Crippen LogP contribution in [-0.2, 0) is 10.0 Å². The predicted molar refractivity (Wildman–Crippen MR) is 43.9 cm³/mol. The highest BCUT2D eigenvalue weighted by Gasteiger charge is 2.29. The van der Waals surface area contributed by atoms with E-state index in [1.165, 1.54) is 7.05 Å². The van der Waals surface area contributed by atoms with E-state index in [4.69, 9.17) is 0 Å². The molecule has 0 bridgehead atoms. The highest BCUT2D eigenvalue weighted by atomic mass is 32.2. The Balaban J connectivity index is 2.64. The molecule has 1 atom stereocenters. The van der Waals surface area contributed by atoms with Gasteiger partial charge in [-0.2, -0.15) is 0 Å². The number of nitrogens with one attached hydrogen (secondary N) is 1. The van der Waals surface area contributed by atoms with Crippen molar-refractivity contribution in [1.29, 1.82) is 0 Å². The average Bonchev–Trinajstić information content (AvgIpc) is 2.36. The van der Waals surface area contributed by atoms with Gasteiger partial charge in [-0.25, -0.2) is 13.1 Å². The molecule has 1 aliphatic rings. The zero-order chi connectivity index (χ0) is 8.48. The highest BCUT2D eigenvalue weighted by molar-refractivity contribution is 7.90. The molecule has 5 heteroatoms. The van der Waals surface area contributed by atoms with Crippen LogP contribution in [0.15, 0.2) is 0 Å². The van der Waals surface area contributed by atoms with Crippen LogP contribution in [0.5, 0.6) is 0 Å². The number of sulfonamides is 1. The van der Waals surface area contributed by atoms with Gasteiger partial charge in [-0.1, -0.05) is 0 Å². The quantitative estimate of drug-likeness (QED) is 0.604. The largest absolute Gasteiger partial charge is 0.305 e. The van der Waals surface area contributed by atoms with Crippen LogP contribution in [0.25, 0.3) is 0 Å². The lowest BCUT2D eigenvalue weighted by molar-refractivity contribution is 0.417. The van der Waals surface area contributed by atoms with Gasteiger partial charge < -0.3 is 4.90 Å². The number of hydrogen-bond donors (Lipinski definition) is 1. The van der Waals surface area contributed by atoms with E-state index in [0.717, 1.165) is 13.0 Å². The maximum absolute atomic E-state index is 11.2. The van der Waals surface area contributed by atoms with Gasteiger partial charge >= 0.3 is 0 Å². The molecule has 0 aromatic rings. The van der Waals surface area contributed by atoms with Crippen LogP contribution in [-0.4, -0.2) is 45.8 Å². The normalized spacial score (nSPS) is 27.6. The van der Waals surface area contributed by atoms with Crippen molar-refractivity contribution in [2.75, 3.05) is 27.2 Å². The van der Waals surface area contributed by atoms with Crippen LogP contribution in [0.2, 0.25) is 0 Å². The molecule has 1 unspecified atom stereocenters. The van der Waals surface area contributed by atoms with Crippen molar-refractivity contribution in [3.63, 3.8) is 0 Å². The zero-order valence-corrected chi connectivity index (χ0v) is 7.69. The zero-order valence-electron chi connectivity index (χ0n) is 6.87. The molecule has 1 saturated heterocycles. The van der Waals surface area contributed by atoms with Crippen molar-refractivity contribution in [1.82, 2.24) is 9.62 Å². The molecule has 0 saturated carbocycles. The molecule has 0 aromatic heterocycles. The lowest BCUT2D eigenvalue weighted by Crippen LogP contribution is -2.33. The lowest BCUT2D eigenvalue weighted by Gasteiger charge is -2.09. The van der Waals surface area contributed by atoms with Crippen molar-refractivity contribution in [3.8, 4) is 0 Å². The van der Waals surface area contributed by atoms with E-state index in [2.05, 4.69) is 4.72 Å². The first-order valence-electron chi connectivity index (χ1n) is 3.67. The molecule has 1 N–H and O–H groups in total. The lowest BCUT2D eigenvalue weighted by atomic mass is 10.4. The summed E-state index contributed by atoms with van der Waals surface area (Å²) in [5.41, 5.74) is 0. The first-order chi connectivity index (χ1) is 5.06. The number of hydrogen-bond acceptors (Lipinski definition) is 3. The van der Waals surface area contributed by atoms with Crippen LogP contribution in [0, 0.1) is 0 Å². The standard InChI is InChI=1S/C6H14N2O2S/c1-7-11(9,10)6-3-4-8(2)5-6/h6-7H,3-5H2,1-2H3. The Morgan fingerprint density at radius 3 is 2.55 bits per heavy atom. The van der Waals surface area contributed by atoms with Gasteiger partial charge in [0.1, 0.15) is 0 Å². The molecule has 0 spiro atoms. The Hall–Kier alpha value is -0.130. The molecule has 0 aromatic carbocycles. The summed E-state index contributed by atoms with van der Waals surface area (Å²) >= 11 is 0. The molecular weight excluding hydrogens is 164 g/mol. The summed E-state index contributed by atoms with van der Waals surface area (Å²) in [5, 5.41) is -0.211. The summed E-state index contributed by atoms with van der Waals surface area (Å²) in [6, 6.07) is 0. The first kappa shape index (κ1) is 8.96.